The Morgan fingerprint density at radius 1 is 1.88 bits per heavy atom. The van der Waals surface area contributed by atoms with E-state index in [0.717, 1.165) is 0 Å². The van der Waals surface area contributed by atoms with Gasteiger partial charge in [0.25, 0.3) is 0 Å². The van der Waals surface area contributed by atoms with Gasteiger partial charge in [0.2, 0.25) is 0 Å². The molecular weight excluding hydrogens is 134 g/mol. The topological polar surface area (TPSA) is 89.5 Å². The number of amides is 1. The maximum absolute atomic E-state index is 9.58. The van der Waals surface area contributed by atoms with Crippen LogP contribution < -0.4 is 5.32 Å². The predicted molar refractivity (Wildman–Crippen MR) is 24.9 cm³/mol. The average molecular weight is 138 g/mol. The summed E-state index contributed by atoms with van der Waals surface area (Å²) >= 11 is -2.33. The van der Waals surface area contributed by atoms with Crippen molar-refractivity contribution in [3.8, 4) is 0 Å². The zero-order valence-electron chi connectivity index (χ0n) is 3.79. The van der Waals surface area contributed by atoms with E-state index >= 15 is 0 Å². The molecule has 8 heavy (non-hydrogen) atoms. The van der Waals surface area contributed by atoms with Gasteiger partial charge < -0.3 is 15.0 Å². The van der Waals surface area contributed by atoms with E-state index in [1.165, 1.54) is 0 Å². The van der Waals surface area contributed by atoms with Crippen LogP contribution in [0.1, 0.15) is 0 Å². The highest BCUT2D eigenvalue weighted by Crippen LogP contribution is 1.66. The van der Waals surface area contributed by atoms with Crippen LogP contribution in [-0.4, -0.2) is 25.8 Å². The molecule has 1 unspecified atom stereocenters. The lowest BCUT2D eigenvalue weighted by molar-refractivity contribution is 0.196. The lowest BCUT2D eigenvalue weighted by atomic mass is 11.1. The van der Waals surface area contributed by atoms with Gasteiger partial charge in [0.15, 0.2) is 0 Å². The number of carboxylic acid groups (broad SMARTS) is 1. The minimum atomic E-state index is -2.33. The maximum Gasteiger partial charge on any atom is 0.405 e. The Bertz CT molecular complexity index is 98.6. The van der Waals surface area contributed by atoms with E-state index in [0.29, 0.717) is 0 Å². The van der Waals surface area contributed by atoms with E-state index < -0.39 is 23.1 Å². The molecule has 0 aromatic rings. The van der Waals surface area contributed by atoms with Crippen LogP contribution in [-0.2, 0) is 11.1 Å². The summed E-state index contributed by atoms with van der Waals surface area (Å²) in [6, 6.07) is 0. The first-order chi connectivity index (χ1) is 3.63. The van der Waals surface area contributed by atoms with Crippen molar-refractivity contribution in [2.75, 3.05) is 5.88 Å². The van der Waals surface area contributed by atoms with Crippen molar-refractivity contribution < 1.29 is 18.7 Å². The van der Waals surface area contributed by atoms with E-state index in [4.69, 9.17) is 5.11 Å². The molecule has 6 heteroatoms. The van der Waals surface area contributed by atoms with E-state index in [1.54, 1.807) is 5.32 Å². The molecule has 1 atom stereocenters. The molecule has 0 heterocycles. The fourth-order valence-corrected chi connectivity index (χ4v) is 0.362. The SMILES string of the molecule is O=C(O)NCS(=O)[O-]. The second kappa shape index (κ2) is 3.39. The summed E-state index contributed by atoms with van der Waals surface area (Å²) < 4.78 is 19.2. The van der Waals surface area contributed by atoms with Gasteiger partial charge in [0.05, 0.1) is 5.88 Å². The Morgan fingerprint density at radius 3 is 2.50 bits per heavy atom. The van der Waals surface area contributed by atoms with Crippen LogP contribution >= 0.6 is 0 Å². The van der Waals surface area contributed by atoms with E-state index in [2.05, 4.69) is 0 Å². The van der Waals surface area contributed by atoms with Crippen LogP contribution in [0.15, 0.2) is 0 Å². The van der Waals surface area contributed by atoms with Crippen LogP contribution in [0.5, 0.6) is 0 Å². The first-order valence-corrected chi connectivity index (χ1v) is 2.90. The fourth-order valence-electron chi connectivity index (χ4n) is 0.121. The third kappa shape index (κ3) is 5.38. The van der Waals surface area contributed by atoms with Crippen LogP contribution in [0.2, 0.25) is 0 Å². The van der Waals surface area contributed by atoms with Crippen LogP contribution in [0.25, 0.3) is 0 Å². The smallest absolute Gasteiger partial charge is 0.405 e. The third-order valence-corrected chi connectivity index (χ3v) is 0.721. The number of rotatable bonds is 2. The van der Waals surface area contributed by atoms with Gasteiger partial charge in [-0.15, -0.1) is 0 Å². The minimum absolute atomic E-state index is 0.546. The molecule has 0 aliphatic rings. The van der Waals surface area contributed by atoms with Crippen molar-refractivity contribution in [2.45, 2.75) is 0 Å². The van der Waals surface area contributed by atoms with E-state index in [1.807, 2.05) is 0 Å². The van der Waals surface area contributed by atoms with Gasteiger partial charge >= 0.3 is 6.09 Å². The number of carbonyl (C=O) groups is 1. The molecule has 0 fully saturated rings. The highest BCUT2D eigenvalue weighted by atomic mass is 32.2. The summed E-state index contributed by atoms with van der Waals surface area (Å²) in [4.78, 5) is 9.52. The monoisotopic (exact) mass is 138 g/mol. The van der Waals surface area contributed by atoms with Gasteiger partial charge in [-0.2, -0.15) is 0 Å². The van der Waals surface area contributed by atoms with Gasteiger partial charge in [-0.1, -0.05) is 0 Å². The van der Waals surface area contributed by atoms with Crippen molar-refractivity contribution >= 4 is 17.2 Å². The summed E-state index contributed by atoms with van der Waals surface area (Å²) in [6.45, 7) is 0. The molecule has 5 nitrogen and oxygen atoms in total. The minimum Gasteiger partial charge on any atom is -0.771 e. The van der Waals surface area contributed by atoms with Crippen molar-refractivity contribution in [1.29, 1.82) is 0 Å². The standard InChI is InChI=1S/C2H5NO4S/c4-2(5)3-1-8(6)7/h3H,1H2,(H,4,5)(H,6,7)/p-1. The number of hydrogen-bond acceptors (Lipinski definition) is 3. The Balaban J connectivity index is 3.18. The largest absolute Gasteiger partial charge is 0.771 e. The van der Waals surface area contributed by atoms with Crippen molar-refractivity contribution in [1.82, 2.24) is 5.32 Å². The summed E-state index contributed by atoms with van der Waals surface area (Å²) in [5, 5.41) is 9.43. The summed E-state index contributed by atoms with van der Waals surface area (Å²) in [6.07, 6.45) is -1.34. The molecule has 0 aromatic carbocycles. The first kappa shape index (κ1) is 7.38. The third-order valence-electron chi connectivity index (χ3n) is 0.341. The molecule has 0 aliphatic heterocycles. The molecule has 0 aliphatic carbocycles. The van der Waals surface area contributed by atoms with Gasteiger partial charge in [-0.3, -0.25) is 4.21 Å². The quantitative estimate of drug-likeness (QED) is 0.483. The number of nitrogens with one attached hydrogen (secondary N) is 1. The lowest BCUT2D eigenvalue weighted by Crippen LogP contribution is -2.24. The molecule has 48 valence electrons. The molecule has 1 amide bonds. The summed E-state index contributed by atoms with van der Waals surface area (Å²) in [5.41, 5.74) is 0. The summed E-state index contributed by atoms with van der Waals surface area (Å²) in [5.74, 6) is -0.546. The van der Waals surface area contributed by atoms with Gasteiger partial charge in [0.1, 0.15) is 0 Å². The molecule has 0 rings (SSSR count). The Morgan fingerprint density at radius 2 is 2.38 bits per heavy atom. The molecule has 0 radical (unpaired) electrons. The zero-order chi connectivity index (χ0) is 6.57. The Hall–Kier alpha value is -0.620. The molecule has 0 saturated carbocycles. The zero-order valence-corrected chi connectivity index (χ0v) is 4.60. The van der Waals surface area contributed by atoms with E-state index in [9.17, 15) is 13.6 Å². The predicted octanol–water partition coefficient (Wildman–Crippen LogP) is -0.909. The summed E-state index contributed by atoms with van der Waals surface area (Å²) in [7, 11) is 0. The average Bonchev–Trinajstić information content (AvgIpc) is 1.61. The van der Waals surface area contributed by atoms with Crippen LogP contribution in [0, 0.1) is 0 Å². The van der Waals surface area contributed by atoms with Gasteiger partial charge in [-0.05, 0) is 11.1 Å². The van der Waals surface area contributed by atoms with Crippen molar-refractivity contribution in [3.05, 3.63) is 0 Å². The second-order valence-electron chi connectivity index (χ2n) is 0.930. The van der Waals surface area contributed by atoms with Crippen LogP contribution in [0.3, 0.4) is 0 Å². The first-order valence-electron chi connectivity index (χ1n) is 1.65. The highest BCUT2D eigenvalue weighted by molar-refractivity contribution is 7.79. The molecule has 2 N–H and O–H groups in total. The van der Waals surface area contributed by atoms with Gasteiger partial charge in [-0.25, -0.2) is 4.79 Å². The Labute approximate surface area is 48.0 Å². The molecule has 0 saturated heterocycles. The lowest BCUT2D eigenvalue weighted by Gasteiger charge is -2.01. The fraction of sp³-hybridized carbons (Fsp3) is 0.500. The maximum atomic E-state index is 9.58. The van der Waals surface area contributed by atoms with E-state index in [-0.39, 0.29) is 0 Å². The molecular formula is C2H4NO4S-. The number of hydrogen-bond donors (Lipinski definition) is 2. The Kier molecular flexibility index (Phi) is 3.13. The van der Waals surface area contributed by atoms with Crippen molar-refractivity contribution in [2.24, 2.45) is 0 Å². The highest BCUT2D eigenvalue weighted by Gasteiger charge is 1.89. The van der Waals surface area contributed by atoms with Gasteiger partial charge in [0, 0.05) is 0 Å². The molecule has 0 bridgehead atoms. The molecule has 0 spiro atoms. The van der Waals surface area contributed by atoms with Crippen LogP contribution in [0.4, 0.5) is 4.79 Å². The molecule has 0 aromatic heterocycles. The van der Waals surface area contributed by atoms with Crippen molar-refractivity contribution in [3.63, 3.8) is 0 Å². The normalized spacial score (nSPS) is 12.6. The second-order valence-corrected chi connectivity index (χ2v) is 1.83.